The maximum Gasteiger partial charge on any atom is 0.414 e. The highest BCUT2D eigenvalue weighted by atomic mass is 19.1. The molecule has 1 aliphatic heterocycles. The predicted octanol–water partition coefficient (Wildman–Crippen LogP) is 2.80. The molecule has 178 valence electrons. The van der Waals surface area contributed by atoms with Gasteiger partial charge in [-0.25, -0.2) is 14.0 Å². The van der Waals surface area contributed by atoms with Crippen LogP contribution in [0.25, 0.3) is 0 Å². The van der Waals surface area contributed by atoms with Gasteiger partial charge in [-0.05, 0) is 74.4 Å². The van der Waals surface area contributed by atoms with Crippen LogP contribution in [0.15, 0.2) is 42.5 Å². The standard InChI is InChI=1S/C22H27FN2O2.C2H2O4/c1-24(2)13-5-12-22(18-7-9-19(23)10-8-18)20-11-6-16(21(26)25(3)4)14-17(20)15-27-22;3-1(4)2(5)6/h6-11,14H,5,12-13,15H2,1-4H3;(H,3,4)(H,5,6). The lowest BCUT2D eigenvalue weighted by atomic mass is 9.81. The number of halogens is 1. The van der Waals surface area contributed by atoms with Crippen molar-refractivity contribution in [2.45, 2.75) is 25.0 Å². The summed E-state index contributed by atoms with van der Waals surface area (Å²) in [7, 11) is 7.59. The first-order valence-electron chi connectivity index (χ1n) is 10.3. The molecule has 0 aromatic heterocycles. The Hall–Kier alpha value is -3.30. The van der Waals surface area contributed by atoms with Crippen LogP contribution in [0.5, 0.6) is 0 Å². The summed E-state index contributed by atoms with van der Waals surface area (Å²) in [4.78, 5) is 34.2. The van der Waals surface area contributed by atoms with Crippen molar-refractivity contribution in [2.75, 3.05) is 34.7 Å². The third-order valence-corrected chi connectivity index (χ3v) is 5.30. The van der Waals surface area contributed by atoms with E-state index in [0.717, 1.165) is 36.1 Å². The maximum atomic E-state index is 13.5. The lowest BCUT2D eigenvalue weighted by Gasteiger charge is -2.31. The van der Waals surface area contributed by atoms with Gasteiger partial charge in [0.15, 0.2) is 0 Å². The van der Waals surface area contributed by atoms with E-state index in [0.29, 0.717) is 12.2 Å². The lowest BCUT2D eigenvalue weighted by molar-refractivity contribution is -0.159. The molecule has 0 bridgehead atoms. The van der Waals surface area contributed by atoms with Gasteiger partial charge in [-0.3, -0.25) is 4.79 Å². The molecule has 1 unspecified atom stereocenters. The van der Waals surface area contributed by atoms with Crippen LogP contribution in [0.2, 0.25) is 0 Å². The fourth-order valence-electron chi connectivity index (χ4n) is 3.73. The van der Waals surface area contributed by atoms with Gasteiger partial charge in [0.05, 0.1) is 6.61 Å². The summed E-state index contributed by atoms with van der Waals surface area (Å²) >= 11 is 0. The molecule has 0 saturated heterocycles. The summed E-state index contributed by atoms with van der Waals surface area (Å²) in [6, 6.07) is 12.4. The number of ether oxygens (including phenoxy) is 1. The molecule has 8 nitrogen and oxygen atoms in total. The Morgan fingerprint density at radius 1 is 1.00 bits per heavy atom. The first-order valence-corrected chi connectivity index (χ1v) is 10.3. The Morgan fingerprint density at radius 3 is 2.12 bits per heavy atom. The van der Waals surface area contributed by atoms with Crippen LogP contribution in [-0.2, 0) is 26.5 Å². The monoisotopic (exact) mass is 460 g/mol. The van der Waals surface area contributed by atoms with Gasteiger partial charge < -0.3 is 24.7 Å². The fraction of sp³-hybridized carbons (Fsp3) is 0.375. The molecule has 0 aliphatic carbocycles. The lowest BCUT2D eigenvalue weighted by Crippen LogP contribution is -2.29. The van der Waals surface area contributed by atoms with Crippen LogP contribution >= 0.6 is 0 Å². The average Bonchev–Trinajstić information content (AvgIpc) is 3.12. The molecular formula is C24H29FN2O6. The van der Waals surface area contributed by atoms with E-state index in [-0.39, 0.29) is 11.7 Å². The molecule has 0 radical (unpaired) electrons. The predicted molar refractivity (Wildman–Crippen MR) is 119 cm³/mol. The van der Waals surface area contributed by atoms with Crippen molar-refractivity contribution in [3.8, 4) is 0 Å². The molecule has 1 amide bonds. The van der Waals surface area contributed by atoms with Gasteiger partial charge >= 0.3 is 11.9 Å². The summed E-state index contributed by atoms with van der Waals surface area (Å²) in [6.07, 6.45) is 1.74. The molecule has 9 heteroatoms. The molecule has 1 atom stereocenters. The van der Waals surface area contributed by atoms with E-state index in [1.54, 1.807) is 31.1 Å². The van der Waals surface area contributed by atoms with Gasteiger partial charge in [-0.2, -0.15) is 0 Å². The van der Waals surface area contributed by atoms with Crippen LogP contribution in [0, 0.1) is 5.82 Å². The quantitative estimate of drug-likeness (QED) is 0.639. The van der Waals surface area contributed by atoms with Gasteiger partial charge in [0.1, 0.15) is 11.4 Å². The number of rotatable bonds is 6. The number of amides is 1. The SMILES string of the molecule is CN(C)CCCC1(c2ccc(F)cc2)OCc2cc(C(=O)N(C)C)ccc21.O=C(O)C(=O)O. The van der Waals surface area contributed by atoms with Crippen LogP contribution in [0.3, 0.4) is 0 Å². The Kier molecular flexibility index (Phi) is 8.67. The number of hydrogen-bond acceptors (Lipinski definition) is 5. The number of aliphatic carboxylic acids is 2. The molecule has 2 aromatic carbocycles. The van der Waals surface area contributed by atoms with Gasteiger partial charge in [-0.1, -0.05) is 18.2 Å². The summed E-state index contributed by atoms with van der Waals surface area (Å²) in [5.41, 5.74) is 3.11. The number of hydrogen-bond donors (Lipinski definition) is 2. The molecule has 0 spiro atoms. The highest BCUT2D eigenvalue weighted by molar-refractivity contribution is 6.27. The molecule has 33 heavy (non-hydrogen) atoms. The summed E-state index contributed by atoms with van der Waals surface area (Å²) < 4.78 is 19.8. The van der Waals surface area contributed by atoms with Crippen molar-refractivity contribution >= 4 is 17.8 Å². The number of benzene rings is 2. The van der Waals surface area contributed by atoms with Crippen molar-refractivity contribution in [1.82, 2.24) is 9.80 Å². The molecule has 1 aliphatic rings. The molecule has 1 heterocycles. The van der Waals surface area contributed by atoms with E-state index in [1.807, 2.05) is 32.3 Å². The second kappa shape index (κ2) is 11.0. The highest BCUT2D eigenvalue weighted by Gasteiger charge is 2.41. The van der Waals surface area contributed by atoms with Gasteiger partial charge in [0.2, 0.25) is 0 Å². The number of carbonyl (C=O) groups excluding carboxylic acids is 1. The van der Waals surface area contributed by atoms with E-state index < -0.39 is 17.5 Å². The van der Waals surface area contributed by atoms with Crippen molar-refractivity contribution in [3.63, 3.8) is 0 Å². The Labute approximate surface area is 192 Å². The van der Waals surface area contributed by atoms with Crippen molar-refractivity contribution in [1.29, 1.82) is 0 Å². The van der Waals surface area contributed by atoms with E-state index in [9.17, 15) is 9.18 Å². The Bertz CT molecular complexity index is 995. The second-order valence-corrected chi connectivity index (χ2v) is 8.21. The topological polar surface area (TPSA) is 107 Å². The highest BCUT2D eigenvalue weighted by Crippen LogP contribution is 2.45. The fourth-order valence-corrected chi connectivity index (χ4v) is 3.73. The average molecular weight is 461 g/mol. The normalized spacial score (nSPS) is 16.5. The van der Waals surface area contributed by atoms with E-state index in [4.69, 9.17) is 24.5 Å². The van der Waals surface area contributed by atoms with E-state index in [1.165, 1.54) is 12.1 Å². The minimum atomic E-state index is -1.82. The Morgan fingerprint density at radius 2 is 1.61 bits per heavy atom. The van der Waals surface area contributed by atoms with Gasteiger partial charge in [0.25, 0.3) is 5.91 Å². The first-order chi connectivity index (χ1) is 15.5. The number of fused-ring (bicyclic) bond motifs is 1. The summed E-state index contributed by atoms with van der Waals surface area (Å²) in [5, 5.41) is 14.8. The number of carbonyl (C=O) groups is 3. The van der Waals surface area contributed by atoms with E-state index in [2.05, 4.69) is 4.90 Å². The van der Waals surface area contributed by atoms with Crippen molar-refractivity contribution in [2.24, 2.45) is 0 Å². The molecule has 3 rings (SSSR count). The maximum absolute atomic E-state index is 13.5. The Balaban J connectivity index is 0.000000569. The van der Waals surface area contributed by atoms with Crippen LogP contribution < -0.4 is 0 Å². The largest absolute Gasteiger partial charge is 0.473 e. The van der Waals surface area contributed by atoms with Crippen LogP contribution in [0.1, 0.15) is 39.9 Å². The minimum absolute atomic E-state index is 0.0234. The summed E-state index contributed by atoms with van der Waals surface area (Å²) in [5.74, 6) is -3.93. The zero-order valence-corrected chi connectivity index (χ0v) is 19.2. The molecule has 0 saturated carbocycles. The zero-order chi connectivity index (χ0) is 24.8. The molecule has 2 N–H and O–H groups in total. The van der Waals surface area contributed by atoms with Crippen molar-refractivity contribution in [3.05, 3.63) is 70.5 Å². The van der Waals surface area contributed by atoms with E-state index >= 15 is 0 Å². The zero-order valence-electron chi connectivity index (χ0n) is 19.2. The molecule has 2 aromatic rings. The van der Waals surface area contributed by atoms with Gasteiger partial charge in [0, 0.05) is 19.7 Å². The third-order valence-electron chi connectivity index (χ3n) is 5.30. The third kappa shape index (κ3) is 6.36. The minimum Gasteiger partial charge on any atom is -0.473 e. The molecular weight excluding hydrogens is 431 g/mol. The van der Waals surface area contributed by atoms with Crippen LogP contribution in [0.4, 0.5) is 4.39 Å². The van der Waals surface area contributed by atoms with Crippen molar-refractivity contribution < 1.29 is 33.7 Å². The smallest absolute Gasteiger partial charge is 0.414 e. The van der Waals surface area contributed by atoms with Crippen LogP contribution in [-0.4, -0.2) is 72.6 Å². The summed E-state index contributed by atoms with van der Waals surface area (Å²) in [6.45, 7) is 1.39. The number of nitrogens with zero attached hydrogens (tertiary/aromatic N) is 2. The van der Waals surface area contributed by atoms with Gasteiger partial charge in [-0.15, -0.1) is 0 Å². The first kappa shape index (κ1) is 26.0. The number of carboxylic acids is 2. The second-order valence-electron chi connectivity index (χ2n) is 8.21. The molecule has 0 fully saturated rings. The number of carboxylic acid groups (broad SMARTS) is 2.